The molecule has 1 amide bonds. The first-order valence-corrected chi connectivity index (χ1v) is 11.1. The summed E-state index contributed by atoms with van der Waals surface area (Å²) in [4.78, 5) is 19.9. The molecule has 0 aromatic rings. The Labute approximate surface area is 179 Å². The number of amides is 1. The van der Waals surface area contributed by atoms with Gasteiger partial charge in [0.05, 0.1) is 18.1 Å². The molecule has 2 rings (SSSR count). The van der Waals surface area contributed by atoms with E-state index in [1.807, 2.05) is 6.92 Å². The van der Waals surface area contributed by atoms with Crippen molar-refractivity contribution in [3.05, 3.63) is 0 Å². The Hall–Kier alpha value is -0.820. The monoisotopic (exact) mass is 517 g/mol. The van der Waals surface area contributed by atoms with Crippen molar-refractivity contribution < 1.29 is 17.9 Å². The number of ether oxygens (including phenoxy) is 1. The van der Waals surface area contributed by atoms with E-state index in [0.29, 0.717) is 39.3 Å². The molecule has 0 aromatic carbocycles. The number of hydrogen-bond acceptors (Lipinski definition) is 6. The quantitative estimate of drug-likeness (QED) is 0.304. The van der Waals surface area contributed by atoms with E-state index in [4.69, 9.17) is 4.74 Å². The second-order valence-electron chi connectivity index (χ2n) is 6.60. The van der Waals surface area contributed by atoms with Crippen molar-refractivity contribution in [2.45, 2.75) is 25.8 Å². The van der Waals surface area contributed by atoms with Crippen molar-refractivity contribution in [1.82, 2.24) is 20.4 Å². The van der Waals surface area contributed by atoms with E-state index >= 15 is 0 Å². The molecule has 2 aliphatic rings. The summed E-state index contributed by atoms with van der Waals surface area (Å²) in [6.07, 6.45) is 1.46. The molecule has 9 nitrogen and oxygen atoms in total. The van der Waals surface area contributed by atoms with Gasteiger partial charge in [0.2, 0.25) is 0 Å². The second-order valence-corrected chi connectivity index (χ2v) is 8.90. The highest BCUT2D eigenvalue weighted by Gasteiger charge is 2.24. The molecule has 0 bridgehead atoms. The average molecular weight is 517 g/mol. The lowest BCUT2D eigenvalue weighted by Gasteiger charge is -2.32. The number of likely N-dealkylation sites (tertiary alicyclic amines) is 1. The van der Waals surface area contributed by atoms with Crippen LogP contribution in [-0.2, 0) is 14.6 Å². The number of nitrogens with zero attached hydrogens (tertiary/aromatic N) is 3. The molecule has 0 aliphatic carbocycles. The largest absolute Gasteiger partial charge is 0.450 e. The molecule has 27 heavy (non-hydrogen) atoms. The first-order chi connectivity index (χ1) is 12.4. The molecule has 0 radical (unpaired) electrons. The number of hydrogen-bond donors (Lipinski definition) is 2. The second kappa shape index (κ2) is 11.9. The molecule has 0 aromatic heterocycles. The summed E-state index contributed by atoms with van der Waals surface area (Å²) in [7, 11) is -1.10. The number of rotatable bonds is 5. The van der Waals surface area contributed by atoms with Crippen molar-refractivity contribution in [1.29, 1.82) is 0 Å². The Morgan fingerprint density at radius 3 is 2.37 bits per heavy atom. The maximum atomic E-state index is 11.7. The lowest BCUT2D eigenvalue weighted by atomic mass is 10.1. The van der Waals surface area contributed by atoms with Gasteiger partial charge >= 0.3 is 6.09 Å². The summed E-state index contributed by atoms with van der Waals surface area (Å²) in [6.45, 7) is 6.26. The number of guanidine groups is 1. The van der Waals surface area contributed by atoms with Crippen LogP contribution in [0, 0.1) is 0 Å². The predicted molar refractivity (Wildman–Crippen MR) is 117 cm³/mol. The van der Waals surface area contributed by atoms with Crippen LogP contribution in [0.3, 0.4) is 0 Å². The minimum atomic E-state index is -2.83. The maximum Gasteiger partial charge on any atom is 0.409 e. The third kappa shape index (κ3) is 8.38. The van der Waals surface area contributed by atoms with Gasteiger partial charge in [0.25, 0.3) is 0 Å². The van der Waals surface area contributed by atoms with Gasteiger partial charge in [0, 0.05) is 52.4 Å². The highest BCUT2D eigenvalue weighted by molar-refractivity contribution is 14.0. The van der Waals surface area contributed by atoms with Crippen LogP contribution in [0.5, 0.6) is 0 Å². The summed E-state index contributed by atoms with van der Waals surface area (Å²) >= 11 is 0. The van der Waals surface area contributed by atoms with Crippen molar-refractivity contribution in [3.63, 3.8) is 0 Å². The van der Waals surface area contributed by atoms with E-state index in [9.17, 15) is 13.2 Å². The smallest absolute Gasteiger partial charge is 0.409 e. The van der Waals surface area contributed by atoms with Crippen LogP contribution >= 0.6 is 24.0 Å². The van der Waals surface area contributed by atoms with E-state index in [0.717, 1.165) is 25.3 Å². The van der Waals surface area contributed by atoms with Crippen molar-refractivity contribution in [2.75, 3.05) is 64.4 Å². The molecule has 0 atom stereocenters. The van der Waals surface area contributed by atoms with Crippen LogP contribution in [0.2, 0.25) is 0 Å². The first kappa shape index (κ1) is 24.2. The Kier molecular flexibility index (Phi) is 10.7. The Morgan fingerprint density at radius 2 is 1.81 bits per heavy atom. The van der Waals surface area contributed by atoms with Gasteiger partial charge in [-0.1, -0.05) is 0 Å². The van der Waals surface area contributed by atoms with Gasteiger partial charge in [0.1, 0.15) is 0 Å². The van der Waals surface area contributed by atoms with Gasteiger partial charge < -0.3 is 20.3 Å². The SMILES string of the molecule is CCOC(=O)N1CCC(NC(=NC)NCCN2CCS(=O)(=O)CC2)CC1.I. The third-order valence-corrected chi connectivity index (χ3v) is 6.35. The van der Waals surface area contributed by atoms with E-state index < -0.39 is 9.84 Å². The molecule has 0 unspecified atom stereocenters. The molecule has 0 spiro atoms. The summed E-state index contributed by atoms with van der Waals surface area (Å²) in [5, 5.41) is 6.68. The van der Waals surface area contributed by atoms with Gasteiger partial charge in [-0.05, 0) is 19.8 Å². The molecular weight excluding hydrogens is 485 g/mol. The minimum Gasteiger partial charge on any atom is -0.450 e. The maximum absolute atomic E-state index is 11.7. The van der Waals surface area contributed by atoms with E-state index in [2.05, 4.69) is 20.5 Å². The molecule has 2 N–H and O–H groups in total. The zero-order valence-electron chi connectivity index (χ0n) is 16.1. The van der Waals surface area contributed by atoms with Gasteiger partial charge in [-0.2, -0.15) is 0 Å². The highest BCUT2D eigenvalue weighted by atomic mass is 127. The Balaban J connectivity index is 0.00000364. The number of nitrogens with one attached hydrogen (secondary N) is 2. The minimum absolute atomic E-state index is 0. The van der Waals surface area contributed by atoms with Gasteiger partial charge in [0.15, 0.2) is 15.8 Å². The molecule has 158 valence electrons. The van der Waals surface area contributed by atoms with E-state index in [1.54, 1.807) is 11.9 Å². The van der Waals surface area contributed by atoms with Crippen molar-refractivity contribution in [2.24, 2.45) is 4.99 Å². The Morgan fingerprint density at radius 1 is 1.19 bits per heavy atom. The van der Waals surface area contributed by atoms with Crippen LogP contribution in [0.4, 0.5) is 4.79 Å². The first-order valence-electron chi connectivity index (χ1n) is 9.25. The molecule has 11 heteroatoms. The summed E-state index contributed by atoms with van der Waals surface area (Å²) in [5.41, 5.74) is 0. The van der Waals surface area contributed by atoms with Gasteiger partial charge in [-0.25, -0.2) is 13.2 Å². The number of carbonyl (C=O) groups excluding carboxylic acids is 1. The molecule has 2 saturated heterocycles. The van der Waals surface area contributed by atoms with Gasteiger partial charge in [-0.15, -0.1) is 24.0 Å². The van der Waals surface area contributed by atoms with Crippen molar-refractivity contribution in [3.8, 4) is 0 Å². The molecule has 0 saturated carbocycles. The number of carbonyl (C=O) groups is 1. The Bertz CT molecular complexity index is 580. The number of aliphatic imine (C=N–C) groups is 1. The lowest BCUT2D eigenvalue weighted by Crippen LogP contribution is -2.51. The van der Waals surface area contributed by atoms with Crippen molar-refractivity contribution >= 4 is 45.9 Å². The normalized spacial score (nSPS) is 21.3. The predicted octanol–water partition coefficient (Wildman–Crippen LogP) is 0.121. The number of sulfone groups is 1. The fourth-order valence-electron chi connectivity index (χ4n) is 3.12. The standard InChI is InChI=1S/C16H31N5O4S.HI/c1-3-25-16(22)21-7-4-14(5-8-21)19-15(17-2)18-6-9-20-10-12-26(23,24)13-11-20;/h14H,3-13H2,1-2H3,(H2,17,18,19);1H. The highest BCUT2D eigenvalue weighted by Crippen LogP contribution is 2.11. The topological polar surface area (TPSA) is 103 Å². The fraction of sp³-hybridized carbons (Fsp3) is 0.875. The summed E-state index contributed by atoms with van der Waals surface area (Å²) in [5.74, 6) is 1.24. The lowest BCUT2D eigenvalue weighted by molar-refractivity contribution is 0.0963. The number of piperidine rings is 1. The van der Waals surface area contributed by atoms with Crippen LogP contribution in [0.15, 0.2) is 4.99 Å². The summed E-state index contributed by atoms with van der Waals surface area (Å²) in [6, 6.07) is 0.270. The van der Waals surface area contributed by atoms with Crippen LogP contribution in [-0.4, -0.2) is 101 Å². The fourth-order valence-corrected chi connectivity index (χ4v) is 4.39. The van der Waals surface area contributed by atoms with Crippen LogP contribution in [0.1, 0.15) is 19.8 Å². The molecule has 2 fully saturated rings. The molecular formula is C16H32IN5O4S. The number of halogens is 1. The average Bonchev–Trinajstić information content (AvgIpc) is 2.63. The van der Waals surface area contributed by atoms with E-state index in [1.165, 1.54) is 0 Å². The van der Waals surface area contributed by atoms with Crippen LogP contribution < -0.4 is 10.6 Å². The molecule has 2 aliphatic heterocycles. The molecule has 2 heterocycles. The summed E-state index contributed by atoms with van der Waals surface area (Å²) < 4.78 is 27.9. The third-order valence-electron chi connectivity index (χ3n) is 4.74. The zero-order chi connectivity index (χ0) is 19.0. The zero-order valence-corrected chi connectivity index (χ0v) is 19.3. The van der Waals surface area contributed by atoms with Gasteiger partial charge in [-0.3, -0.25) is 9.89 Å². The van der Waals surface area contributed by atoms with E-state index in [-0.39, 0.29) is 47.6 Å². The van der Waals surface area contributed by atoms with Crippen LogP contribution in [0.25, 0.3) is 0 Å².